The van der Waals surface area contributed by atoms with Crippen molar-refractivity contribution in [3.05, 3.63) is 101 Å². The number of ether oxygens (including phenoxy) is 1. The largest absolute Gasteiger partial charge is 0.462 e. The molecule has 0 saturated carbocycles. The van der Waals surface area contributed by atoms with Crippen molar-refractivity contribution < 1.29 is 19.1 Å². The molecule has 0 aliphatic heterocycles. The van der Waals surface area contributed by atoms with Crippen LogP contribution in [-0.2, 0) is 9.53 Å². The highest BCUT2D eigenvalue weighted by molar-refractivity contribution is 6.33. The summed E-state index contributed by atoms with van der Waals surface area (Å²) in [6.07, 6.45) is -0.0101. The number of hydrogen-bond donors (Lipinski definition) is 2. The van der Waals surface area contributed by atoms with Crippen molar-refractivity contribution in [3.63, 3.8) is 0 Å². The predicted molar refractivity (Wildman–Crippen MR) is 124 cm³/mol. The molecule has 0 aliphatic rings. The number of carbonyl (C=O) groups excluding carboxylic acids is 3. The minimum atomic E-state index is -0.576. The minimum Gasteiger partial charge on any atom is -0.462 e. The van der Waals surface area contributed by atoms with Crippen LogP contribution in [-0.4, -0.2) is 24.4 Å². The van der Waals surface area contributed by atoms with Gasteiger partial charge in [0, 0.05) is 5.69 Å². The Morgan fingerprint density at radius 1 is 0.938 bits per heavy atom. The van der Waals surface area contributed by atoms with Gasteiger partial charge in [-0.3, -0.25) is 9.59 Å². The fraction of sp³-hybridized carbons (Fsp3) is 0.160. The van der Waals surface area contributed by atoms with E-state index in [0.29, 0.717) is 21.8 Å². The van der Waals surface area contributed by atoms with Crippen LogP contribution >= 0.6 is 11.6 Å². The highest BCUT2D eigenvalue weighted by Gasteiger charge is 2.21. The first kappa shape index (κ1) is 23.0. The maximum atomic E-state index is 12.8. The lowest BCUT2D eigenvalue weighted by Gasteiger charge is -2.19. The summed E-state index contributed by atoms with van der Waals surface area (Å²) in [7, 11) is 0. The third-order valence-electron chi connectivity index (χ3n) is 4.67. The molecule has 0 aliphatic carbocycles. The number of hydrogen-bond acceptors (Lipinski definition) is 4. The molecule has 3 rings (SSSR count). The highest BCUT2D eigenvalue weighted by atomic mass is 35.5. The zero-order valence-electron chi connectivity index (χ0n) is 17.5. The van der Waals surface area contributed by atoms with Gasteiger partial charge in [0.25, 0.3) is 5.91 Å². The Bertz CT molecular complexity index is 1100. The summed E-state index contributed by atoms with van der Waals surface area (Å²) in [6, 6.07) is 21.9. The van der Waals surface area contributed by atoms with Crippen LogP contribution in [0.4, 0.5) is 5.69 Å². The number of amides is 2. The number of benzene rings is 3. The van der Waals surface area contributed by atoms with Gasteiger partial charge in [-0.25, -0.2) is 4.79 Å². The monoisotopic (exact) mass is 450 g/mol. The molecule has 2 N–H and O–H groups in total. The highest BCUT2D eigenvalue weighted by Crippen LogP contribution is 2.21. The van der Waals surface area contributed by atoms with Gasteiger partial charge in [0.1, 0.15) is 0 Å². The topological polar surface area (TPSA) is 84.5 Å². The molecule has 2 amide bonds. The van der Waals surface area contributed by atoms with Gasteiger partial charge < -0.3 is 15.4 Å². The molecule has 1 atom stereocenters. The molecule has 0 saturated heterocycles. The Hall–Kier alpha value is -3.64. The van der Waals surface area contributed by atoms with Crippen molar-refractivity contribution in [1.29, 1.82) is 0 Å². The lowest BCUT2D eigenvalue weighted by atomic mass is 10.0. The van der Waals surface area contributed by atoms with E-state index in [9.17, 15) is 14.4 Å². The first-order chi connectivity index (χ1) is 15.5. The molecule has 32 heavy (non-hydrogen) atoms. The standard InChI is InChI=1S/C25H23ClN2O4/c1-2-32-25(31)18-11-8-12-19(15-18)27-23(29)16-22(17-9-4-3-5-10-17)28-24(30)20-13-6-7-14-21(20)26/h3-15,22H,2,16H2,1H3,(H,27,29)(H,28,30). The summed E-state index contributed by atoms with van der Waals surface area (Å²) >= 11 is 6.15. The molecule has 0 aromatic heterocycles. The van der Waals surface area contributed by atoms with E-state index in [2.05, 4.69) is 10.6 Å². The first-order valence-electron chi connectivity index (χ1n) is 10.1. The Balaban J connectivity index is 1.75. The predicted octanol–water partition coefficient (Wildman–Crippen LogP) is 5.02. The van der Waals surface area contributed by atoms with Gasteiger partial charge in [0.2, 0.25) is 5.91 Å². The third kappa shape index (κ3) is 6.18. The van der Waals surface area contributed by atoms with Crippen molar-refractivity contribution >= 4 is 35.1 Å². The fourth-order valence-electron chi connectivity index (χ4n) is 3.15. The van der Waals surface area contributed by atoms with Crippen molar-refractivity contribution in [2.45, 2.75) is 19.4 Å². The van der Waals surface area contributed by atoms with Crippen LogP contribution in [0.2, 0.25) is 5.02 Å². The van der Waals surface area contributed by atoms with Crippen molar-refractivity contribution in [2.24, 2.45) is 0 Å². The Kier molecular flexibility index (Phi) is 8.00. The van der Waals surface area contributed by atoms with Crippen LogP contribution in [0.25, 0.3) is 0 Å². The van der Waals surface area contributed by atoms with E-state index >= 15 is 0 Å². The second-order valence-electron chi connectivity index (χ2n) is 6.97. The summed E-state index contributed by atoms with van der Waals surface area (Å²) in [5, 5.41) is 6.01. The second-order valence-corrected chi connectivity index (χ2v) is 7.38. The number of nitrogens with one attached hydrogen (secondary N) is 2. The number of anilines is 1. The maximum Gasteiger partial charge on any atom is 0.338 e. The van der Waals surface area contributed by atoms with E-state index in [1.165, 1.54) is 0 Å². The number of halogens is 1. The Morgan fingerprint density at radius 2 is 1.66 bits per heavy atom. The first-order valence-corrected chi connectivity index (χ1v) is 10.5. The van der Waals surface area contributed by atoms with Crippen molar-refractivity contribution in [3.8, 4) is 0 Å². The molecule has 7 heteroatoms. The molecule has 164 valence electrons. The van der Waals surface area contributed by atoms with Crippen molar-refractivity contribution in [2.75, 3.05) is 11.9 Å². The average Bonchev–Trinajstić information content (AvgIpc) is 2.79. The third-order valence-corrected chi connectivity index (χ3v) is 5.00. The van der Waals surface area contributed by atoms with Crippen LogP contribution in [0, 0.1) is 0 Å². The molecular formula is C25H23ClN2O4. The molecule has 0 fully saturated rings. The molecule has 0 bridgehead atoms. The normalized spacial score (nSPS) is 11.3. The zero-order valence-corrected chi connectivity index (χ0v) is 18.3. The quantitative estimate of drug-likeness (QED) is 0.472. The Labute approximate surface area is 191 Å². The summed E-state index contributed by atoms with van der Waals surface area (Å²) in [5.74, 6) is -1.15. The van der Waals surface area contributed by atoms with E-state index in [1.54, 1.807) is 55.5 Å². The van der Waals surface area contributed by atoms with Gasteiger partial charge in [-0.05, 0) is 42.8 Å². The molecule has 3 aromatic carbocycles. The molecule has 1 unspecified atom stereocenters. The molecule has 6 nitrogen and oxygen atoms in total. The van der Waals surface area contributed by atoms with E-state index in [0.717, 1.165) is 5.56 Å². The molecule has 3 aromatic rings. The smallest absolute Gasteiger partial charge is 0.338 e. The van der Waals surface area contributed by atoms with Gasteiger partial charge in [-0.1, -0.05) is 60.1 Å². The molecular weight excluding hydrogens is 428 g/mol. The summed E-state index contributed by atoms with van der Waals surface area (Å²) < 4.78 is 5.00. The zero-order chi connectivity index (χ0) is 22.9. The fourth-order valence-corrected chi connectivity index (χ4v) is 3.38. The SMILES string of the molecule is CCOC(=O)c1cccc(NC(=O)CC(NC(=O)c2ccccc2Cl)c2ccccc2)c1. The van der Waals surface area contributed by atoms with E-state index in [1.807, 2.05) is 30.3 Å². The van der Waals surface area contributed by atoms with Gasteiger partial charge >= 0.3 is 5.97 Å². The molecule has 0 heterocycles. The van der Waals surface area contributed by atoms with E-state index < -0.39 is 12.0 Å². The molecule has 0 spiro atoms. The van der Waals surface area contributed by atoms with Gasteiger partial charge in [-0.2, -0.15) is 0 Å². The minimum absolute atomic E-state index is 0.0101. The van der Waals surface area contributed by atoms with Gasteiger partial charge in [0.15, 0.2) is 0 Å². The van der Waals surface area contributed by atoms with Crippen LogP contribution in [0.15, 0.2) is 78.9 Å². The lowest BCUT2D eigenvalue weighted by molar-refractivity contribution is -0.116. The number of rotatable bonds is 8. The van der Waals surface area contributed by atoms with Gasteiger partial charge in [0.05, 0.1) is 35.2 Å². The maximum absolute atomic E-state index is 12.8. The van der Waals surface area contributed by atoms with Crippen LogP contribution in [0.1, 0.15) is 45.7 Å². The summed E-state index contributed by atoms with van der Waals surface area (Å²) in [5.41, 5.74) is 1.92. The van der Waals surface area contributed by atoms with Crippen LogP contribution in [0.3, 0.4) is 0 Å². The lowest BCUT2D eigenvalue weighted by Crippen LogP contribution is -2.31. The number of carbonyl (C=O) groups is 3. The van der Waals surface area contributed by atoms with Crippen LogP contribution < -0.4 is 10.6 Å². The van der Waals surface area contributed by atoms with Crippen molar-refractivity contribution in [1.82, 2.24) is 5.32 Å². The van der Waals surface area contributed by atoms with Gasteiger partial charge in [-0.15, -0.1) is 0 Å². The van der Waals surface area contributed by atoms with Crippen LogP contribution in [0.5, 0.6) is 0 Å². The average molecular weight is 451 g/mol. The second kappa shape index (κ2) is 11.1. The number of esters is 1. The molecule has 0 radical (unpaired) electrons. The Morgan fingerprint density at radius 3 is 2.38 bits per heavy atom. The summed E-state index contributed by atoms with van der Waals surface area (Å²) in [4.78, 5) is 37.5. The van der Waals surface area contributed by atoms with E-state index in [4.69, 9.17) is 16.3 Å². The van der Waals surface area contributed by atoms with E-state index in [-0.39, 0.29) is 24.8 Å². The summed E-state index contributed by atoms with van der Waals surface area (Å²) in [6.45, 7) is 1.99.